The number of ketones is 1. The van der Waals surface area contributed by atoms with Crippen LogP contribution < -0.4 is 5.32 Å². The lowest BCUT2D eigenvalue weighted by Gasteiger charge is -2.24. The zero-order chi connectivity index (χ0) is 15.0. The predicted molar refractivity (Wildman–Crippen MR) is 76.2 cm³/mol. The van der Waals surface area contributed by atoms with Crippen molar-refractivity contribution in [1.82, 2.24) is 10.2 Å². The molecule has 1 aromatic carbocycles. The van der Waals surface area contributed by atoms with Gasteiger partial charge in [-0.05, 0) is 31.0 Å². The van der Waals surface area contributed by atoms with Crippen LogP contribution in [-0.2, 0) is 9.59 Å². The van der Waals surface area contributed by atoms with Gasteiger partial charge in [-0.1, -0.05) is 6.92 Å². The van der Waals surface area contributed by atoms with Gasteiger partial charge < -0.3 is 5.32 Å². The van der Waals surface area contributed by atoms with Crippen LogP contribution in [-0.4, -0.2) is 21.9 Å². The van der Waals surface area contributed by atoms with Crippen molar-refractivity contribution in [3.05, 3.63) is 24.0 Å². The zero-order valence-corrected chi connectivity index (χ0v) is 11.6. The van der Waals surface area contributed by atoms with Crippen molar-refractivity contribution in [2.75, 3.05) is 5.32 Å². The number of H-pyrrole nitrogens is 1. The van der Waals surface area contributed by atoms with Gasteiger partial charge in [0.15, 0.2) is 5.82 Å². The maximum absolute atomic E-state index is 13.1. The molecule has 1 heterocycles. The molecule has 1 amide bonds. The van der Waals surface area contributed by atoms with Crippen molar-refractivity contribution in [3.8, 4) is 0 Å². The summed E-state index contributed by atoms with van der Waals surface area (Å²) >= 11 is 0. The second kappa shape index (κ2) is 5.27. The fourth-order valence-electron chi connectivity index (χ4n) is 2.78. The van der Waals surface area contributed by atoms with Gasteiger partial charge in [-0.15, -0.1) is 0 Å². The maximum atomic E-state index is 13.1. The zero-order valence-electron chi connectivity index (χ0n) is 11.6. The topological polar surface area (TPSA) is 74.8 Å². The number of halogens is 1. The molecule has 1 fully saturated rings. The molecule has 0 bridgehead atoms. The minimum atomic E-state index is -0.358. The van der Waals surface area contributed by atoms with Gasteiger partial charge in [0.2, 0.25) is 5.91 Å². The van der Waals surface area contributed by atoms with E-state index in [-0.39, 0.29) is 29.3 Å². The Morgan fingerprint density at radius 2 is 2.29 bits per heavy atom. The van der Waals surface area contributed by atoms with Crippen molar-refractivity contribution in [3.63, 3.8) is 0 Å². The van der Waals surface area contributed by atoms with Gasteiger partial charge in [-0.25, -0.2) is 4.39 Å². The second-order valence-electron chi connectivity index (χ2n) is 5.59. The Hall–Kier alpha value is -2.24. The maximum Gasteiger partial charge on any atom is 0.228 e. The molecule has 2 atom stereocenters. The third-order valence-corrected chi connectivity index (χ3v) is 4.06. The summed E-state index contributed by atoms with van der Waals surface area (Å²) in [5, 5.41) is 10.2. The molecule has 1 aliphatic carbocycles. The first-order valence-electron chi connectivity index (χ1n) is 7.02. The highest BCUT2D eigenvalue weighted by Gasteiger charge is 2.30. The molecule has 5 nitrogen and oxygen atoms in total. The van der Waals surface area contributed by atoms with Gasteiger partial charge >= 0.3 is 0 Å². The van der Waals surface area contributed by atoms with E-state index in [2.05, 4.69) is 15.5 Å². The Bertz CT molecular complexity index is 710. The van der Waals surface area contributed by atoms with E-state index in [4.69, 9.17) is 0 Å². The van der Waals surface area contributed by atoms with Crippen LogP contribution in [0.15, 0.2) is 18.2 Å². The summed E-state index contributed by atoms with van der Waals surface area (Å²) < 4.78 is 13.1. The highest BCUT2D eigenvalue weighted by Crippen LogP contribution is 2.28. The Labute approximate surface area is 120 Å². The first-order chi connectivity index (χ1) is 10.0. The largest absolute Gasteiger partial charge is 0.308 e. The summed E-state index contributed by atoms with van der Waals surface area (Å²) in [6, 6.07) is 4.24. The fourth-order valence-corrected chi connectivity index (χ4v) is 2.78. The third kappa shape index (κ3) is 2.66. The molecule has 0 radical (unpaired) electrons. The highest BCUT2D eigenvalue weighted by molar-refractivity contribution is 6.01. The molecule has 0 saturated heterocycles. The van der Waals surface area contributed by atoms with Gasteiger partial charge in [0.25, 0.3) is 0 Å². The number of benzene rings is 1. The van der Waals surface area contributed by atoms with Gasteiger partial charge in [0.1, 0.15) is 11.6 Å². The van der Waals surface area contributed by atoms with Crippen molar-refractivity contribution < 1.29 is 14.0 Å². The minimum absolute atomic E-state index is 0.0699. The molecule has 21 heavy (non-hydrogen) atoms. The fraction of sp³-hybridized carbons (Fsp3) is 0.400. The first-order valence-corrected chi connectivity index (χ1v) is 7.02. The molecule has 6 heteroatoms. The van der Waals surface area contributed by atoms with Crippen LogP contribution >= 0.6 is 0 Å². The van der Waals surface area contributed by atoms with Crippen LogP contribution in [0, 0.1) is 17.7 Å². The molecular formula is C15H16FN3O2. The Balaban J connectivity index is 1.76. The molecule has 2 unspecified atom stereocenters. The van der Waals surface area contributed by atoms with Gasteiger partial charge in [-0.2, -0.15) is 5.10 Å². The molecule has 110 valence electrons. The summed E-state index contributed by atoms with van der Waals surface area (Å²) in [7, 11) is 0. The Morgan fingerprint density at radius 3 is 3.05 bits per heavy atom. The summed E-state index contributed by atoms with van der Waals surface area (Å²) in [6.07, 6.45) is 1.60. The van der Waals surface area contributed by atoms with Gasteiger partial charge in [0, 0.05) is 23.6 Å². The Kier molecular flexibility index (Phi) is 3.45. The van der Waals surface area contributed by atoms with Gasteiger partial charge in [-0.3, -0.25) is 14.7 Å². The van der Waals surface area contributed by atoms with Crippen LogP contribution in [0.4, 0.5) is 10.2 Å². The van der Waals surface area contributed by atoms with E-state index in [1.165, 1.54) is 12.1 Å². The van der Waals surface area contributed by atoms with Crippen molar-refractivity contribution in [2.24, 2.45) is 11.8 Å². The molecule has 3 rings (SSSR count). The number of hydrogen-bond donors (Lipinski definition) is 2. The summed E-state index contributed by atoms with van der Waals surface area (Å²) in [5.41, 5.74) is 0.539. The first kappa shape index (κ1) is 13.7. The van der Waals surface area contributed by atoms with Gasteiger partial charge in [0.05, 0.1) is 5.52 Å². The number of nitrogens with one attached hydrogen (secondary N) is 2. The average Bonchev–Trinajstić information content (AvgIpc) is 2.84. The lowest BCUT2D eigenvalue weighted by molar-refractivity contribution is -0.128. The second-order valence-corrected chi connectivity index (χ2v) is 5.59. The van der Waals surface area contributed by atoms with Crippen LogP contribution in [0.2, 0.25) is 0 Å². The molecule has 2 N–H and O–H groups in total. The molecule has 1 aromatic heterocycles. The highest BCUT2D eigenvalue weighted by atomic mass is 19.1. The number of nitrogens with zero attached hydrogens (tertiary/aromatic N) is 1. The molecule has 1 saturated carbocycles. The molecule has 2 aromatic rings. The number of hydrogen-bond acceptors (Lipinski definition) is 3. The summed E-state index contributed by atoms with van der Waals surface area (Å²) in [6.45, 7) is 1.86. The number of carbonyl (C=O) groups excluding carboxylic acids is 2. The van der Waals surface area contributed by atoms with E-state index in [0.29, 0.717) is 36.0 Å². The van der Waals surface area contributed by atoms with Crippen LogP contribution in [0.25, 0.3) is 10.9 Å². The van der Waals surface area contributed by atoms with E-state index in [1.54, 1.807) is 6.07 Å². The quantitative estimate of drug-likeness (QED) is 0.892. The number of amides is 1. The standard InChI is InChI=1S/C15H16FN3O2/c1-8-6-9(2-5-13(8)20)15(21)17-14-11-4-3-10(16)7-12(11)18-19-14/h3-4,7-9H,2,5-6H2,1H3,(H2,17,18,19,21). The SMILES string of the molecule is CC1CC(C(=O)Nc2n[nH]c3cc(F)ccc23)CCC1=O. The summed E-state index contributed by atoms with van der Waals surface area (Å²) in [5.74, 6) is -0.112. The Morgan fingerprint density at radius 1 is 1.48 bits per heavy atom. The number of aromatic nitrogens is 2. The molecule has 0 aliphatic heterocycles. The van der Waals surface area contributed by atoms with E-state index >= 15 is 0 Å². The molecular weight excluding hydrogens is 273 g/mol. The third-order valence-electron chi connectivity index (χ3n) is 4.06. The van der Waals surface area contributed by atoms with E-state index in [1.807, 2.05) is 6.92 Å². The van der Waals surface area contributed by atoms with Crippen LogP contribution in [0.1, 0.15) is 26.2 Å². The number of fused-ring (bicyclic) bond motifs is 1. The van der Waals surface area contributed by atoms with Crippen molar-refractivity contribution in [2.45, 2.75) is 26.2 Å². The average molecular weight is 289 g/mol. The lowest BCUT2D eigenvalue weighted by atomic mass is 9.81. The molecule has 1 aliphatic rings. The number of rotatable bonds is 2. The number of aromatic amines is 1. The minimum Gasteiger partial charge on any atom is -0.308 e. The number of carbonyl (C=O) groups is 2. The monoisotopic (exact) mass is 289 g/mol. The van der Waals surface area contributed by atoms with E-state index < -0.39 is 0 Å². The smallest absolute Gasteiger partial charge is 0.228 e. The number of anilines is 1. The summed E-state index contributed by atoms with van der Waals surface area (Å²) in [4.78, 5) is 23.8. The van der Waals surface area contributed by atoms with E-state index in [0.717, 1.165) is 0 Å². The van der Waals surface area contributed by atoms with Crippen molar-refractivity contribution in [1.29, 1.82) is 0 Å². The van der Waals surface area contributed by atoms with Crippen LogP contribution in [0.3, 0.4) is 0 Å². The van der Waals surface area contributed by atoms with Crippen LogP contribution in [0.5, 0.6) is 0 Å². The normalized spacial score (nSPS) is 22.5. The molecule has 0 spiro atoms. The van der Waals surface area contributed by atoms with E-state index in [9.17, 15) is 14.0 Å². The predicted octanol–water partition coefficient (Wildman–Crippen LogP) is 2.65. The van der Waals surface area contributed by atoms with Crippen molar-refractivity contribution >= 4 is 28.4 Å². The number of Topliss-reactive ketones (excluding diaryl/α,β-unsaturated/α-hetero) is 1. The lowest BCUT2D eigenvalue weighted by Crippen LogP contribution is -2.31.